The molecule has 0 aliphatic heterocycles. The van der Waals surface area contributed by atoms with Gasteiger partial charge in [0.15, 0.2) is 0 Å². The Hall–Kier alpha value is -0.830. The maximum absolute atomic E-state index is 13.1. The number of carbonyl (C=O) groups excluding carboxylic acids is 2. The predicted octanol–water partition coefficient (Wildman–Crippen LogP) is 7.99. The summed E-state index contributed by atoms with van der Waals surface area (Å²) in [5, 5.41) is 0. The van der Waals surface area contributed by atoms with Crippen molar-refractivity contribution in [3.8, 4) is 0 Å². The number of ether oxygens (including phenoxy) is 1. The molecule has 5 aliphatic rings. The van der Waals surface area contributed by atoms with Crippen LogP contribution in [-0.2, 0) is 14.3 Å². The Morgan fingerprint density at radius 3 is 2.33 bits per heavy atom. The highest BCUT2D eigenvalue weighted by Crippen LogP contribution is 2.77. The van der Waals surface area contributed by atoms with Gasteiger partial charge in [-0.1, -0.05) is 53.7 Å². The van der Waals surface area contributed by atoms with Crippen LogP contribution in [0.4, 0.5) is 0 Å². The van der Waals surface area contributed by atoms with E-state index in [1.165, 1.54) is 31.3 Å². The van der Waals surface area contributed by atoms with E-state index in [-0.39, 0.29) is 39.7 Å². The van der Waals surface area contributed by atoms with Crippen molar-refractivity contribution >= 4 is 23.4 Å². The molecule has 0 heterocycles. The first-order valence-electron chi connectivity index (χ1n) is 14.6. The summed E-state index contributed by atoms with van der Waals surface area (Å²) in [4.78, 5) is 25.7. The maximum atomic E-state index is 13.1. The fraction of sp³-hybridized carbons (Fsp3) is 0.875. The second-order valence-electron chi connectivity index (χ2n) is 15.2. The lowest BCUT2D eigenvalue weighted by atomic mass is 9.32. The molecule has 5 fully saturated rings. The molecular weight excluding hydrogens is 468 g/mol. The van der Waals surface area contributed by atoms with Crippen LogP contribution in [0, 0.1) is 56.7 Å². The standard InChI is InChI=1S/C32H49ClO3/c1-19(18-33)21-9-12-29(5)15-16-31(7)22(26(21)29)17-23(36-20(2)34)27-30(6)13-11-25(35)28(3,4)24(30)10-14-32(27,31)8/h21-24,26-27H,1,9-18H2,2-8H3/t21?,22?,23?,24?,26?,27?,29-,30+,31-,32-/m1/s1. The SMILES string of the molecule is C=C(CCl)C1CC[C@]2(C)CC[C@]3(C)C(CC(OC(C)=O)C4[C@@]5(C)CCC(=O)C(C)(C)C5CC[C@]43C)C12. The summed E-state index contributed by atoms with van der Waals surface area (Å²) in [5.74, 6) is 2.92. The Labute approximate surface area is 224 Å². The summed E-state index contributed by atoms with van der Waals surface area (Å²) < 4.78 is 6.36. The average Bonchev–Trinajstić information content (AvgIpc) is 3.14. The van der Waals surface area contributed by atoms with Crippen LogP contribution in [0.1, 0.15) is 106 Å². The van der Waals surface area contributed by atoms with Crippen molar-refractivity contribution < 1.29 is 14.3 Å². The van der Waals surface area contributed by atoms with E-state index in [1.54, 1.807) is 6.92 Å². The van der Waals surface area contributed by atoms with E-state index in [0.29, 0.717) is 47.2 Å². The molecule has 0 aromatic rings. The minimum atomic E-state index is -0.313. The van der Waals surface area contributed by atoms with Crippen molar-refractivity contribution in [2.24, 2.45) is 56.7 Å². The molecule has 5 saturated carbocycles. The summed E-state index contributed by atoms with van der Waals surface area (Å²) in [6.45, 7) is 20.5. The monoisotopic (exact) mass is 516 g/mol. The number of halogens is 1. The van der Waals surface area contributed by atoms with Crippen LogP contribution < -0.4 is 0 Å². The first kappa shape index (κ1) is 26.8. The molecular formula is C32H49ClO3. The number of hydrogen-bond acceptors (Lipinski definition) is 3. The van der Waals surface area contributed by atoms with Gasteiger partial charge in [0.05, 0.1) is 0 Å². The van der Waals surface area contributed by atoms with E-state index in [2.05, 4.69) is 48.1 Å². The van der Waals surface area contributed by atoms with Crippen LogP contribution in [0.25, 0.3) is 0 Å². The number of alkyl halides is 1. The third-order valence-electron chi connectivity index (χ3n) is 13.5. The lowest BCUT2D eigenvalue weighted by molar-refractivity contribution is -0.268. The molecule has 3 nitrogen and oxygen atoms in total. The molecule has 5 rings (SSSR count). The van der Waals surface area contributed by atoms with Gasteiger partial charge in [0.1, 0.15) is 11.9 Å². The van der Waals surface area contributed by atoms with Gasteiger partial charge in [-0.3, -0.25) is 9.59 Å². The van der Waals surface area contributed by atoms with Crippen molar-refractivity contribution in [3.63, 3.8) is 0 Å². The van der Waals surface area contributed by atoms with Gasteiger partial charge >= 0.3 is 5.97 Å². The molecule has 0 amide bonds. The quantitative estimate of drug-likeness (QED) is 0.217. The summed E-state index contributed by atoms with van der Waals surface area (Å²) in [6.07, 6.45) is 9.58. The predicted molar refractivity (Wildman–Crippen MR) is 146 cm³/mol. The number of allylic oxidation sites excluding steroid dienone is 1. The van der Waals surface area contributed by atoms with Crippen molar-refractivity contribution in [2.75, 3.05) is 5.88 Å². The summed E-state index contributed by atoms with van der Waals surface area (Å²) >= 11 is 6.39. The highest BCUT2D eigenvalue weighted by molar-refractivity contribution is 6.19. The fourth-order valence-corrected chi connectivity index (χ4v) is 11.9. The molecule has 4 heteroatoms. The van der Waals surface area contributed by atoms with Gasteiger partial charge in [0, 0.05) is 30.6 Å². The molecule has 6 unspecified atom stereocenters. The van der Waals surface area contributed by atoms with Gasteiger partial charge in [-0.05, 0) is 96.7 Å². The lowest BCUT2D eigenvalue weighted by Gasteiger charge is -2.73. The molecule has 10 atom stereocenters. The van der Waals surface area contributed by atoms with Crippen molar-refractivity contribution in [1.29, 1.82) is 0 Å². The average molecular weight is 517 g/mol. The van der Waals surface area contributed by atoms with Gasteiger partial charge in [0.2, 0.25) is 0 Å². The molecule has 0 N–H and O–H groups in total. The minimum Gasteiger partial charge on any atom is -0.462 e. The number of ketones is 1. The fourth-order valence-electron chi connectivity index (χ4n) is 11.7. The van der Waals surface area contributed by atoms with Gasteiger partial charge in [-0.2, -0.15) is 0 Å². The summed E-state index contributed by atoms with van der Waals surface area (Å²) in [7, 11) is 0. The molecule has 5 aliphatic carbocycles. The largest absolute Gasteiger partial charge is 0.462 e. The molecule has 0 spiro atoms. The van der Waals surface area contributed by atoms with Crippen molar-refractivity contribution in [2.45, 2.75) is 112 Å². The molecule has 0 aromatic heterocycles. The van der Waals surface area contributed by atoms with Gasteiger partial charge in [-0.25, -0.2) is 0 Å². The van der Waals surface area contributed by atoms with Gasteiger partial charge in [0.25, 0.3) is 0 Å². The summed E-state index contributed by atoms with van der Waals surface area (Å²) in [5.41, 5.74) is 1.44. The second kappa shape index (κ2) is 8.33. The molecule has 0 aromatic carbocycles. The van der Waals surface area contributed by atoms with E-state index in [9.17, 15) is 9.59 Å². The smallest absolute Gasteiger partial charge is 0.302 e. The zero-order valence-corrected chi connectivity index (χ0v) is 24.6. The molecule has 202 valence electrons. The van der Waals surface area contributed by atoms with Crippen LogP contribution in [-0.4, -0.2) is 23.7 Å². The van der Waals surface area contributed by atoms with E-state index in [1.807, 2.05) is 0 Å². The van der Waals surface area contributed by atoms with Crippen LogP contribution in [0.3, 0.4) is 0 Å². The maximum Gasteiger partial charge on any atom is 0.302 e. The molecule has 0 radical (unpaired) electrons. The Morgan fingerprint density at radius 2 is 1.69 bits per heavy atom. The number of hydrogen-bond donors (Lipinski definition) is 0. The topological polar surface area (TPSA) is 43.4 Å². The number of esters is 1. The van der Waals surface area contributed by atoms with Crippen LogP contribution in [0.5, 0.6) is 0 Å². The van der Waals surface area contributed by atoms with Crippen LogP contribution in [0.15, 0.2) is 12.2 Å². The Balaban J connectivity index is 1.64. The highest BCUT2D eigenvalue weighted by Gasteiger charge is 2.73. The van der Waals surface area contributed by atoms with Crippen LogP contribution in [0.2, 0.25) is 0 Å². The lowest BCUT2D eigenvalue weighted by Crippen LogP contribution is -2.70. The zero-order chi connectivity index (χ0) is 26.5. The normalized spacial score (nSPS) is 51.4. The first-order valence-corrected chi connectivity index (χ1v) is 15.1. The molecule has 36 heavy (non-hydrogen) atoms. The van der Waals surface area contributed by atoms with E-state index < -0.39 is 0 Å². The highest BCUT2D eigenvalue weighted by atomic mass is 35.5. The number of carbonyl (C=O) groups is 2. The summed E-state index contributed by atoms with van der Waals surface area (Å²) in [6, 6.07) is 0. The number of Topliss-reactive ketones (excluding diaryl/α,β-unsaturated/α-hetero) is 1. The Morgan fingerprint density at radius 1 is 1.00 bits per heavy atom. The minimum absolute atomic E-state index is 0.00588. The van der Waals surface area contributed by atoms with Crippen molar-refractivity contribution in [3.05, 3.63) is 12.2 Å². The zero-order valence-electron chi connectivity index (χ0n) is 23.8. The third kappa shape index (κ3) is 3.35. The third-order valence-corrected chi connectivity index (χ3v) is 13.9. The number of rotatable bonds is 3. The van der Waals surface area contributed by atoms with Gasteiger partial charge < -0.3 is 4.74 Å². The van der Waals surface area contributed by atoms with Gasteiger partial charge in [-0.15, -0.1) is 11.6 Å². The van der Waals surface area contributed by atoms with Crippen LogP contribution >= 0.6 is 11.6 Å². The molecule has 0 saturated heterocycles. The Kier molecular flexibility index (Phi) is 6.19. The Bertz CT molecular complexity index is 970. The number of fused-ring (bicyclic) bond motifs is 7. The van der Waals surface area contributed by atoms with E-state index in [4.69, 9.17) is 16.3 Å². The second-order valence-corrected chi connectivity index (χ2v) is 15.4. The van der Waals surface area contributed by atoms with Crippen molar-refractivity contribution in [1.82, 2.24) is 0 Å². The first-order chi connectivity index (χ1) is 16.7. The molecule has 0 bridgehead atoms. The van der Waals surface area contributed by atoms with E-state index in [0.717, 1.165) is 25.7 Å². The van der Waals surface area contributed by atoms with E-state index >= 15 is 0 Å².